The van der Waals surface area contributed by atoms with Crippen molar-refractivity contribution in [3.8, 4) is 11.5 Å². The van der Waals surface area contributed by atoms with E-state index in [0.717, 1.165) is 16.2 Å². The van der Waals surface area contributed by atoms with Crippen LogP contribution in [-0.2, 0) is 6.61 Å². The summed E-state index contributed by atoms with van der Waals surface area (Å²) in [7, 11) is 1.58. The highest BCUT2D eigenvalue weighted by atomic mass is 32.1. The number of ether oxygens (including phenoxy) is 2. The highest BCUT2D eigenvalue weighted by Gasteiger charge is 2.10. The van der Waals surface area contributed by atoms with Crippen LogP contribution < -0.4 is 9.47 Å². The fourth-order valence-electron chi connectivity index (χ4n) is 2.06. The number of nitrogens with zero attached hydrogens (tertiary/aromatic N) is 2. The first-order valence-electron chi connectivity index (χ1n) is 6.57. The summed E-state index contributed by atoms with van der Waals surface area (Å²) < 4.78 is 13.0. The highest BCUT2D eigenvalue weighted by molar-refractivity contribution is 7.15. The molecule has 0 radical (unpaired) electrons. The average Bonchev–Trinajstić information content (AvgIpc) is 3.05. The fraction of sp³-hybridized carbons (Fsp3) is 0.267. The highest BCUT2D eigenvalue weighted by Crippen LogP contribution is 2.30. The second-order valence-corrected chi connectivity index (χ2v) is 5.57. The Hall–Kier alpha value is -2.05. The van der Waals surface area contributed by atoms with Crippen LogP contribution in [0.2, 0.25) is 0 Å². The first kappa shape index (κ1) is 13.9. The van der Waals surface area contributed by atoms with Gasteiger partial charge in [-0.2, -0.15) is 0 Å². The first-order chi connectivity index (χ1) is 10.2. The average molecular weight is 304 g/mol. The summed E-state index contributed by atoms with van der Waals surface area (Å²) in [5, 5.41) is 11.6. The monoisotopic (exact) mass is 304 g/mol. The maximum Gasteiger partial charge on any atom is 0.193 e. The van der Waals surface area contributed by atoms with E-state index in [1.165, 1.54) is 0 Å². The summed E-state index contributed by atoms with van der Waals surface area (Å²) in [6.45, 7) is 2.09. The molecule has 2 heterocycles. The number of fused-ring (bicyclic) bond motifs is 1. The lowest BCUT2D eigenvalue weighted by Crippen LogP contribution is -1.99. The van der Waals surface area contributed by atoms with Crippen LogP contribution >= 0.6 is 11.3 Å². The van der Waals surface area contributed by atoms with Crippen molar-refractivity contribution in [2.24, 2.45) is 0 Å². The van der Waals surface area contributed by atoms with Gasteiger partial charge in [-0.3, -0.25) is 4.40 Å². The van der Waals surface area contributed by atoms with Crippen LogP contribution in [0.3, 0.4) is 0 Å². The molecule has 3 aromatic rings. The molecule has 0 saturated heterocycles. The second-order valence-electron chi connectivity index (χ2n) is 4.70. The Morgan fingerprint density at radius 1 is 1.38 bits per heavy atom. The molecule has 0 spiro atoms. The third kappa shape index (κ3) is 2.86. The molecular weight excluding hydrogens is 288 g/mol. The zero-order valence-electron chi connectivity index (χ0n) is 11.8. The minimum atomic E-state index is -0.534. The van der Waals surface area contributed by atoms with E-state index in [-0.39, 0.29) is 0 Å². The van der Waals surface area contributed by atoms with Crippen molar-refractivity contribution in [2.45, 2.75) is 19.6 Å². The lowest BCUT2D eigenvalue weighted by molar-refractivity contribution is 0.198. The normalized spacial score (nSPS) is 12.5. The third-order valence-corrected chi connectivity index (χ3v) is 3.96. The van der Waals surface area contributed by atoms with E-state index in [2.05, 4.69) is 4.98 Å². The predicted molar refractivity (Wildman–Crippen MR) is 81.0 cm³/mol. The summed E-state index contributed by atoms with van der Waals surface area (Å²) in [4.78, 5) is 5.41. The van der Waals surface area contributed by atoms with E-state index >= 15 is 0 Å². The van der Waals surface area contributed by atoms with Crippen molar-refractivity contribution in [3.05, 3.63) is 47.2 Å². The van der Waals surface area contributed by atoms with Gasteiger partial charge in [-0.05, 0) is 24.6 Å². The van der Waals surface area contributed by atoms with Crippen molar-refractivity contribution in [1.82, 2.24) is 9.38 Å². The van der Waals surface area contributed by atoms with E-state index in [1.807, 2.05) is 28.2 Å². The summed E-state index contributed by atoms with van der Waals surface area (Å²) in [6, 6.07) is 5.42. The van der Waals surface area contributed by atoms with E-state index in [9.17, 15) is 5.11 Å². The van der Waals surface area contributed by atoms with E-state index in [1.54, 1.807) is 37.5 Å². The summed E-state index contributed by atoms with van der Waals surface area (Å²) in [6.07, 6.45) is 3.38. The molecule has 1 N–H and O–H groups in total. The summed E-state index contributed by atoms with van der Waals surface area (Å²) >= 11 is 1.59. The van der Waals surface area contributed by atoms with Gasteiger partial charge in [-0.1, -0.05) is 6.07 Å². The van der Waals surface area contributed by atoms with Crippen molar-refractivity contribution in [1.29, 1.82) is 0 Å². The van der Waals surface area contributed by atoms with Crippen LogP contribution in [0.15, 0.2) is 36.0 Å². The number of methoxy groups -OCH3 is 1. The Morgan fingerprint density at radius 2 is 2.24 bits per heavy atom. The molecule has 1 atom stereocenters. The smallest absolute Gasteiger partial charge is 0.193 e. The molecule has 0 aliphatic heterocycles. The number of aliphatic hydroxyl groups is 1. The van der Waals surface area contributed by atoms with Crippen LogP contribution in [0, 0.1) is 0 Å². The van der Waals surface area contributed by atoms with Crippen molar-refractivity contribution in [2.75, 3.05) is 7.11 Å². The van der Waals surface area contributed by atoms with Gasteiger partial charge in [0.05, 0.1) is 18.9 Å². The van der Waals surface area contributed by atoms with Gasteiger partial charge >= 0.3 is 0 Å². The molecule has 0 saturated carbocycles. The molecule has 1 aromatic carbocycles. The first-order valence-corrected chi connectivity index (χ1v) is 7.45. The van der Waals surface area contributed by atoms with Crippen LogP contribution in [0.25, 0.3) is 4.96 Å². The Balaban J connectivity index is 1.76. The molecule has 0 aliphatic rings. The molecule has 2 aromatic heterocycles. The standard InChI is InChI=1S/C15H16N2O3S/c1-10(18)11-3-4-13(14(7-11)19-2)20-9-12-8-17-5-6-21-15(17)16-12/h3-8,10,18H,9H2,1-2H3. The Labute approximate surface area is 126 Å². The molecule has 5 nitrogen and oxygen atoms in total. The Kier molecular flexibility index (Phi) is 3.81. The predicted octanol–water partition coefficient (Wildman–Crippen LogP) is 3.04. The van der Waals surface area contributed by atoms with Gasteiger partial charge in [0.2, 0.25) is 0 Å². The lowest BCUT2D eigenvalue weighted by atomic mass is 10.1. The second kappa shape index (κ2) is 5.75. The molecule has 0 aliphatic carbocycles. The van der Waals surface area contributed by atoms with Crippen molar-refractivity contribution in [3.63, 3.8) is 0 Å². The van der Waals surface area contributed by atoms with Gasteiger partial charge in [-0.25, -0.2) is 4.98 Å². The van der Waals surface area contributed by atoms with Gasteiger partial charge in [0.25, 0.3) is 0 Å². The number of hydrogen-bond acceptors (Lipinski definition) is 5. The van der Waals surface area contributed by atoms with Gasteiger partial charge in [0.15, 0.2) is 16.5 Å². The maximum atomic E-state index is 9.59. The van der Waals surface area contributed by atoms with Gasteiger partial charge in [-0.15, -0.1) is 11.3 Å². The number of hydrogen-bond donors (Lipinski definition) is 1. The molecular formula is C15H16N2O3S. The van der Waals surface area contributed by atoms with Gasteiger partial charge < -0.3 is 14.6 Å². The summed E-state index contributed by atoms with van der Waals surface area (Å²) in [5.74, 6) is 1.24. The van der Waals surface area contributed by atoms with Crippen molar-refractivity contribution >= 4 is 16.3 Å². The number of benzene rings is 1. The zero-order chi connectivity index (χ0) is 14.8. The molecule has 0 amide bonds. The molecule has 110 valence electrons. The Bertz CT molecular complexity index is 720. The molecule has 0 fully saturated rings. The SMILES string of the molecule is COc1cc(C(C)O)ccc1OCc1cn2ccsc2n1. The number of thiazole rings is 1. The fourth-order valence-corrected chi connectivity index (χ4v) is 2.78. The van der Waals surface area contributed by atoms with Crippen LogP contribution in [0.4, 0.5) is 0 Å². The number of aliphatic hydroxyl groups excluding tert-OH is 1. The largest absolute Gasteiger partial charge is 0.493 e. The molecule has 6 heteroatoms. The summed E-state index contributed by atoms with van der Waals surface area (Å²) in [5.41, 5.74) is 1.66. The van der Waals surface area contributed by atoms with Crippen LogP contribution in [0.5, 0.6) is 11.5 Å². The topological polar surface area (TPSA) is 56.0 Å². The minimum Gasteiger partial charge on any atom is -0.493 e. The molecule has 21 heavy (non-hydrogen) atoms. The number of imidazole rings is 1. The third-order valence-electron chi connectivity index (χ3n) is 3.19. The lowest BCUT2D eigenvalue weighted by Gasteiger charge is -2.12. The van der Waals surface area contributed by atoms with E-state index in [4.69, 9.17) is 9.47 Å². The molecule has 3 rings (SSSR count). The van der Waals surface area contributed by atoms with E-state index < -0.39 is 6.10 Å². The van der Waals surface area contributed by atoms with Crippen LogP contribution in [-0.4, -0.2) is 21.6 Å². The quantitative estimate of drug-likeness (QED) is 0.787. The van der Waals surface area contributed by atoms with E-state index in [0.29, 0.717) is 18.1 Å². The number of aromatic nitrogens is 2. The maximum absolute atomic E-state index is 9.59. The minimum absolute atomic E-state index is 0.374. The van der Waals surface area contributed by atoms with Gasteiger partial charge in [0, 0.05) is 17.8 Å². The molecule has 0 bridgehead atoms. The van der Waals surface area contributed by atoms with Crippen LogP contribution in [0.1, 0.15) is 24.3 Å². The number of rotatable bonds is 5. The Morgan fingerprint density at radius 3 is 2.95 bits per heavy atom. The van der Waals surface area contributed by atoms with Gasteiger partial charge in [0.1, 0.15) is 6.61 Å². The van der Waals surface area contributed by atoms with Crippen molar-refractivity contribution < 1.29 is 14.6 Å². The molecule has 1 unspecified atom stereocenters. The zero-order valence-corrected chi connectivity index (χ0v) is 12.6.